The number of ether oxygens (including phenoxy) is 1. The average molecular weight is 451 g/mol. The van der Waals surface area contributed by atoms with E-state index in [-0.39, 0.29) is 10.3 Å². The van der Waals surface area contributed by atoms with Gasteiger partial charge in [0.25, 0.3) is 0 Å². The first-order valence-electron chi connectivity index (χ1n) is 10.8. The largest absolute Gasteiger partial charge is 0.497 e. The third kappa shape index (κ3) is 2.70. The van der Waals surface area contributed by atoms with Crippen LogP contribution in [0.4, 0.5) is 0 Å². The average Bonchev–Trinajstić information content (AvgIpc) is 3.24. The van der Waals surface area contributed by atoms with E-state index in [2.05, 4.69) is 133 Å². The molecule has 1 saturated heterocycles. The smallest absolute Gasteiger partial charge is 0.118 e. The summed E-state index contributed by atoms with van der Waals surface area (Å²) >= 11 is 2.08. The van der Waals surface area contributed by atoms with E-state index in [0.29, 0.717) is 0 Å². The molecule has 2 atom stereocenters. The second-order valence-corrected chi connectivity index (χ2v) is 12.4. The Hall–Kier alpha value is -2.80. The summed E-state index contributed by atoms with van der Waals surface area (Å²) in [5.41, 5.74) is 5.52. The molecule has 2 aliphatic rings. The highest BCUT2D eigenvalue weighted by Crippen LogP contribution is 3.03. The van der Waals surface area contributed by atoms with Crippen molar-refractivity contribution in [1.29, 1.82) is 0 Å². The summed E-state index contributed by atoms with van der Waals surface area (Å²) in [6.07, 6.45) is 2.57. The fraction of sp³-hybridized carbons (Fsp3) is 0.103. The molecule has 6 rings (SSSR count). The fourth-order valence-corrected chi connectivity index (χ4v) is 12.8. The van der Waals surface area contributed by atoms with Gasteiger partial charge in [0.2, 0.25) is 0 Å². The maximum atomic E-state index is 5.38. The van der Waals surface area contributed by atoms with E-state index < -0.39 is 7.12 Å². The first-order chi connectivity index (χ1) is 15.8. The molecule has 0 bridgehead atoms. The molecule has 3 heteroatoms. The Morgan fingerprint density at radius 3 is 1.62 bits per heavy atom. The molecule has 2 aliphatic heterocycles. The zero-order valence-corrected chi connectivity index (χ0v) is 19.5. The predicted octanol–water partition coefficient (Wildman–Crippen LogP) is 8.03. The summed E-state index contributed by atoms with van der Waals surface area (Å²) in [5, 5.41) is -0.0426. The highest BCUT2D eigenvalue weighted by molar-refractivity contribution is 8.63. The third-order valence-corrected chi connectivity index (χ3v) is 12.8. The van der Waals surface area contributed by atoms with Crippen LogP contribution in [-0.4, -0.2) is 7.11 Å². The van der Waals surface area contributed by atoms with E-state index in [4.69, 9.17) is 4.74 Å². The molecule has 0 aromatic heterocycles. The van der Waals surface area contributed by atoms with Crippen LogP contribution >= 0.6 is 18.5 Å². The fourth-order valence-electron chi connectivity index (χ4n) is 5.16. The molecule has 0 aliphatic carbocycles. The maximum absolute atomic E-state index is 5.38. The molecule has 0 amide bonds. The van der Waals surface area contributed by atoms with Crippen molar-refractivity contribution >= 4 is 23.4 Å². The Morgan fingerprint density at radius 2 is 1.12 bits per heavy atom. The molecule has 1 nitrogen and oxygen atoms in total. The quantitative estimate of drug-likeness (QED) is 0.285. The van der Waals surface area contributed by atoms with E-state index >= 15 is 0 Å². The number of fused-ring (bicyclic) bond motifs is 1. The molecule has 4 aromatic carbocycles. The number of hydrogen-bond donors (Lipinski definition) is 0. The number of hydrogen-bond acceptors (Lipinski definition) is 2. The van der Waals surface area contributed by atoms with Crippen molar-refractivity contribution in [3.05, 3.63) is 144 Å². The van der Waals surface area contributed by atoms with Crippen LogP contribution in [0.25, 0.3) is 4.91 Å². The molecule has 0 N–H and O–H groups in total. The van der Waals surface area contributed by atoms with Gasteiger partial charge in [0.15, 0.2) is 0 Å². The monoisotopic (exact) mass is 450 g/mol. The summed E-state index contributed by atoms with van der Waals surface area (Å²) in [6, 6.07) is 41.9. The van der Waals surface area contributed by atoms with Gasteiger partial charge in [-0.25, -0.2) is 0 Å². The van der Waals surface area contributed by atoms with Crippen molar-refractivity contribution in [2.75, 3.05) is 7.11 Å². The minimum Gasteiger partial charge on any atom is -0.497 e. The van der Waals surface area contributed by atoms with Gasteiger partial charge in [-0.05, 0) is 41.5 Å². The highest BCUT2D eigenvalue weighted by Gasteiger charge is 2.80. The Bertz CT molecular complexity index is 1230. The standard InChI is InChI=1S/C29H23OPS/c1-30-26-19-17-22(18-20-26)27-21-28(23-11-5-2-6-12-23)29(31(28)32-27,24-13-7-3-8-14-24)25-15-9-4-10-16-25/h2-21H,1H3. The lowest BCUT2D eigenvalue weighted by molar-refractivity contribution is 0.415. The summed E-state index contributed by atoms with van der Waals surface area (Å²) in [5.74, 6) is 0.897. The Labute approximate surface area is 194 Å². The van der Waals surface area contributed by atoms with E-state index in [1.807, 2.05) is 0 Å². The van der Waals surface area contributed by atoms with Gasteiger partial charge in [-0.2, -0.15) is 0 Å². The first-order valence-corrected chi connectivity index (χ1v) is 13.6. The van der Waals surface area contributed by atoms with Crippen LogP contribution < -0.4 is 4.74 Å². The molecule has 0 spiro atoms. The third-order valence-electron chi connectivity index (χ3n) is 6.63. The lowest BCUT2D eigenvalue weighted by Gasteiger charge is -2.26. The minimum absolute atomic E-state index is 0.0210. The van der Waals surface area contributed by atoms with E-state index in [0.717, 1.165) is 5.75 Å². The molecule has 1 fully saturated rings. The molecule has 0 saturated carbocycles. The van der Waals surface area contributed by atoms with Crippen molar-refractivity contribution in [1.82, 2.24) is 0 Å². The minimum atomic E-state index is -0.441. The van der Waals surface area contributed by atoms with Gasteiger partial charge in [-0.1, -0.05) is 121 Å². The first kappa shape index (κ1) is 19.9. The lowest BCUT2D eigenvalue weighted by Crippen LogP contribution is -2.23. The molecule has 2 unspecified atom stereocenters. The zero-order valence-electron chi connectivity index (χ0n) is 17.8. The summed E-state index contributed by atoms with van der Waals surface area (Å²) in [6.45, 7) is 0. The van der Waals surface area contributed by atoms with Gasteiger partial charge in [0.1, 0.15) is 5.75 Å². The molecule has 2 heterocycles. The van der Waals surface area contributed by atoms with Crippen molar-refractivity contribution in [2.24, 2.45) is 0 Å². The SMILES string of the molecule is COc1ccc(C2=CC3(c4ccccc4)P(S2)C3(c2ccccc2)c2ccccc2)cc1. The number of rotatable bonds is 5. The van der Waals surface area contributed by atoms with Crippen LogP contribution in [0.5, 0.6) is 5.75 Å². The van der Waals surface area contributed by atoms with Crippen molar-refractivity contribution in [3.8, 4) is 5.75 Å². The van der Waals surface area contributed by atoms with E-state index in [9.17, 15) is 0 Å². The number of methoxy groups -OCH3 is 1. The molecular weight excluding hydrogens is 427 g/mol. The number of allylic oxidation sites excluding steroid dienone is 1. The number of benzene rings is 4. The summed E-state index contributed by atoms with van der Waals surface area (Å²) in [7, 11) is 1.28. The molecule has 156 valence electrons. The Balaban J connectivity index is 1.58. The predicted molar refractivity (Wildman–Crippen MR) is 137 cm³/mol. The van der Waals surface area contributed by atoms with Crippen LogP contribution in [-0.2, 0) is 10.3 Å². The van der Waals surface area contributed by atoms with Crippen molar-refractivity contribution in [3.63, 3.8) is 0 Å². The second kappa shape index (κ2) is 7.66. The zero-order chi connectivity index (χ0) is 21.6. The van der Waals surface area contributed by atoms with Crippen LogP contribution in [0, 0.1) is 0 Å². The van der Waals surface area contributed by atoms with Gasteiger partial charge in [-0.3, -0.25) is 0 Å². The van der Waals surface area contributed by atoms with Crippen molar-refractivity contribution < 1.29 is 4.74 Å². The lowest BCUT2D eigenvalue weighted by atomic mass is 9.77. The van der Waals surface area contributed by atoms with Crippen LogP contribution in [0.3, 0.4) is 0 Å². The van der Waals surface area contributed by atoms with E-state index in [1.54, 1.807) is 7.11 Å². The van der Waals surface area contributed by atoms with Crippen LogP contribution in [0.1, 0.15) is 22.3 Å². The highest BCUT2D eigenvalue weighted by atomic mass is 32.7. The second-order valence-electron chi connectivity index (χ2n) is 8.20. The van der Waals surface area contributed by atoms with Gasteiger partial charge >= 0.3 is 0 Å². The molecule has 4 aromatic rings. The van der Waals surface area contributed by atoms with E-state index in [1.165, 1.54) is 27.2 Å². The maximum Gasteiger partial charge on any atom is 0.118 e. The Morgan fingerprint density at radius 1 is 0.625 bits per heavy atom. The van der Waals surface area contributed by atoms with Gasteiger partial charge in [0, 0.05) is 4.91 Å². The normalized spacial score (nSPS) is 22.7. The Kier molecular flexibility index (Phi) is 4.75. The molecule has 32 heavy (non-hydrogen) atoms. The molecular formula is C29H23OPS. The van der Waals surface area contributed by atoms with Crippen LogP contribution in [0.15, 0.2) is 121 Å². The topological polar surface area (TPSA) is 9.23 Å². The summed E-state index contributed by atoms with van der Waals surface area (Å²) < 4.78 is 5.38. The van der Waals surface area contributed by atoms with Crippen LogP contribution in [0.2, 0.25) is 0 Å². The van der Waals surface area contributed by atoms with Gasteiger partial charge in [-0.15, -0.1) is 0 Å². The summed E-state index contributed by atoms with van der Waals surface area (Å²) in [4.78, 5) is 1.38. The molecule has 0 radical (unpaired) electrons. The van der Waals surface area contributed by atoms with Gasteiger partial charge in [0.05, 0.1) is 17.4 Å². The van der Waals surface area contributed by atoms with Crippen molar-refractivity contribution in [2.45, 2.75) is 10.3 Å². The van der Waals surface area contributed by atoms with Gasteiger partial charge < -0.3 is 4.74 Å².